The van der Waals surface area contributed by atoms with Gasteiger partial charge >= 0.3 is 0 Å². The lowest BCUT2D eigenvalue weighted by Crippen LogP contribution is -2.46. The van der Waals surface area contributed by atoms with Crippen LogP contribution in [-0.4, -0.2) is 63.1 Å². The Balaban J connectivity index is 1.39. The smallest absolute Gasteiger partial charge is 0.178 e. The molecule has 7 nitrogen and oxygen atoms in total. The minimum absolute atomic E-state index is 0.235. The second-order valence-electron chi connectivity index (χ2n) is 5.84. The molecule has 1 atom stereocenters. The predicted molar refractivity (Wildman–Crippen MR) is 78.3 cm³/mol. The molecule has 0 bridgehead atoms. The number of aryl methyl sites for hydroxylation is 1. The van der Waals surface area contributed by atoms with Gasteiger partial charge in [0, 0.05) is 25.7 Å². The normalized spacial score (nSPS) is 23.6. The summed E-state index contributed by atoms with van der Waals surface area (Å²) in [5.74, 6) is 1.63. The van der Waals surface area contributed by atoms with Gasteiger partial charge in [-0.25, -0.2) is 0 Å². The van der Waals surface area contributed by atoms with Gasteiger partial charge in [-0.2, -0.15) is 4.52 Å². The molecule has 3 heterocycles. The third-order valence-corrected chi connectivity index (χ3v) is 4.16. The lowest BCUT2D eigenvalue weighted by atomic mass is 10.2. The zero-order valence-electron chi connectivity index (χ0n) is 12.2. The first kappa shape index (κ1) is 13.0. The molecule has 21 heavy (non-hydrogen) atoms. The average molecular weight is 288 g/mol. The van der Waals surface area contributed by atoms with Gasteiger partial charge in [-0.1, -0.05) is 0 Å². The van der Waals surface area contributed by atoms with Crippen LogP contribution in [0.1, 0.15) is 18.7 Å². The van der Waals surface area contributed by atoms with Crippen LogP contribution < -0.4 is 5.32 Å². The van der Waals surface area contributed by atoms with Crippen LogP contribution in [0.4, 0.5) is 5.82 Å². The molecule has 0 radical (unpaired) electrons. The summed E-state index contributed by atoms with van der Waals surface area (Å²) < 4.78 is 7.59. The van der Waals surface area contributed by atoms with E-state index < -0.39 is 0 Å². The Morgan fingerprint density at radius 2 is 2.24 bits per heavy atom. The molecular formula is C14H20N6O. The van der Waals surface area contributed by atoms with E-state index in [4.69, 9.17) is 4.74 Å². The van der Waals surface area contributed by atoms with Crippen molar-refractivity contribution < 1.29 is 4.74 Å². The molecule has 2 aromatic heterocycles. The molecule has 0 aromatic carbocycles. The molecule has 0 amide bonds. The molecule has 1 saturated carbocycles. The van der Waals surface area contributed by atoms with Crippen LogP contribution >= 0.6 is 0 Å². The van der Waals surface area contributed by atoms with Crippen molar-refractivity contribution in [3.05, 3.63) is 18.0 Å². The zero-order chi connectivity index (χ0) is 14.2. The van der Waals surface area contributed by atoms with E-state index in [1.54, 1.807) is 4.52 Å². The minimum atomic E-state index is 0.235. The molecule has 0 spiro atoms. The van der Waals surface area contributed by atoms with Gasteiger partial charge in [0.15, 0.2) is 11.5 Å². The highest BCUT2D eigenvalue weighted by atomic mass is 16.5. The molecule has 2 aliphatic rings. The van der Waals surface area contributed by atoms with Gasteiger partial charge in [0.1, 0.15) is 5.82 Å². The van der Waals surface area contributed by atoms with Gasteiger partial charge in [0.2, 0.25) is 0 Å². The van der Waals surface area contributed by atoms with E-state index >= 15 is 0 Å². The van der Waals surface area contributed by atoms with Crippen molar-refractivity contribution in [1.29, 1.82) is 0 Å². The number of ether oxygens (including phenoxy) is 1. The maximum atomic E-state index is 5.84. The van der Waals surface area contributed by atoms with Gasteiger partial charge < -0.3 is 10.1 Å². The van der Waals surface area contributed by atoms with Crippen LogP contribution in [0.5, 0.6) is 0 Å². The SMILES string of the molecule is Cc1nnc2ccc(NCC3CN(C4CC4)CCO3)nn12. The van der Waals surface area contributed by atoms with Crippen LogP contribution in [0.3, 0.4) is 0 Å². The summed E-state index contributed by atoms with van der Waals surface area (Å²) >= 11 is 0. The summed E-state index contributed by atoms with van der Waals surface area (Å²) in [5, 5.41) is 15.9. The standard InChI is InChI=1S/C14H20N6O/c1-10-16-17-14-5-4-13(18-20(10)14)15-8-12-9-19(6-7-21-12)11-2-3-11/h4-5,11-12H,2-3,6-9H2,1H3,(H,15,18). The number of anilines is 1. The van der Waals surface area contributed by atoms with Crippen molar-refractivity contribution in [3.8, 4) is 0 Å². The summed E-state index contributed by atoms with van der Waals surface area (Å²) in [6.07, 6.45) is 2.94. The highest BCUT2D eigenvalue weighted by molar-refractivity contribution is 5.43. The van der Waals surface area contributed by atoms with Crippen molar-refractivity contribution in [2.75, 3.05) is 31.6 Å². The zero-order valence-corrected chi connectivity index (χ0v) is 12.2. The number of nitrogens with zero attached hydrogens (tertiary/aromatic N) is 5. The molecule has 2 fully saturated rings. The van der Waals surface area contributed by atoms with E-state index in [9.17, 15) is 0 Å². The van der Waals surface area contributed by atoms with E-state index in [0.29, 0.717) is 0 Å². The first-order chi connectivity index (χ1) is 10.3. The topological polar surface area (TPSA) is 67.6 Å². The third-order valence-electron chi connectivity index (χ3n) is 4.16. The molecule has 7 heteroatoms. The summed E-state index contributed by atoms with van der Waals surface area (Å²) in [4.78, 5) is 2.55. The molecule has 1 aliphatic heterocycles. The molecule has 4 rings (SSSR count). The van der Waals surface area contributed by atoms with Crippen molar-refractivity contribution >= 4 is 11.5 Å². The van der Waals surface area contributed by atoms with E-state index in [0.717, 1.165) is 49.6 Å². The number of fused-ring (bicyclic) bond motifs is 1. The molecular weight excluding hydrogens is 268 g/mol. The summed E-state index contributed by atoms with van der Waals surface area (Å²) in [6, 6.07) is 4.67. The molecule has 2 aromatic rings. The van der Waals surface area contributed by atoms with Crippen LogP contribution in [0, 0.1) is 6.92 Å². The fourth-order valence-electron chi connectivity index (χ4n) is 2.85. The lowest BCUT2D eigenvalue weighted by molar-refractivity contribution is -0.0241. The number of rotatable bonds is 4. The Bertz CT molecular complexity index is 637. The summed E-state index contributed by atoms with van der Waals surface area (Å²) in [5.41, 5.74) is 0.770. The van der Waals surface area contributed by atoms with Gasteiger partial charge in [-0.15, -0.1) is 15.3 Å². The van der Waals surface area contributed by atoms with Gasteiger partial charge in [0.25, 0.3) is 0 Å². The molecule has 1 unspecified atom stereocenters. The second kappa shape index (κ2) is 5.23. The monoisotopic (exact) mass is 288 g/mol. The largest absolute Gasteiger partial charge is 0.374 e. The number of aromatic nitrogens is 4. The van der Waals surface area contributed by atoms with Gasteiger partial charge in [0.05, 0.1) is 12.7 Å². The van der Waals surface area contributed by atoms with Crippen LogP contribution in [0.2, 0.25) is 0 Å². The second-order valence-corrected chi connectivity index (χ2v) is 5.84. The van der Waals surface area contributed by atoms with Crippen molar-refractivity contribution in [3.63, 3.8) is 0 Å². The Kier molecular flexibility index (Phi) is 3.23. The van der Waals surface area contributed by atoms with E-state index in [-0.39, 0.29) is 6.10 Å². The van der Waals surface area contributed by atoms with E-state index in [1.165, 1.54) is 12.8 Å². The minimum Gasteiger partial charge on any atom is -0.374 e. The number of hydrogen-bond donors (Lipinski definition) is 1. The highest BCUT2D eigenvalue weighted by Crippen LogP contribution is 2.28. The Morgan fingerprint density at radius 3 is 3.10 bits per heavy atom. The fraction of sp³-hybridized carbons (Fsp3) is 0.643. The fourth-order valence-corrected chi connectivity index (χ4v) is 2.85. The maximum Gasteiger partial charge on any atom is 0.178 e. The predicted octanol–water partition coefficient (Wildman–Crippen LogP) is 0.708. The van der Waals surface area contributed by atoms with Crippen LogP contribution in [0.15, 0.2) is 12.1 Å². The maximum absolute atomic E-state index is 5.84. The number of nitrogens with one attached hydrogen (secondary N) is 1. The van der Waals surface area contributed by atoms with Crippen LogP contribution in [0.25, 0.3) is 5.65 Å². The Labute approximate surface area is 123 Å². The first-order valence-electron chi connectivity index (χ1n) is 7.58. The lowest BCUT2D eigenvalue weighted by Gasteiger charge is -2.33. The van der Waals surface area contributed by atoms with Gasteiger partial charge in [-0.05, 0) is 31.9 Å². The van der Waals surface area contributed by atoms with E-state index in [1.807, 2.05) is 19.1 Å². The molecule has 1 saturated heterocycles. The van der Waals surface area contributed by atoms with Crippen LogP contribution in [-0.2, 0) is 4.74 Å². The Morgan fingerprint density at radius 1 is 1.33 bits per heavy atom. The summed E-state index contributed by atoms with van der Waals surface area (Å²) in [7, 11) is 0. The van der Waals surface area contributed by atoms with Crippen molar-refractivity contribution in [2.45, 2.75) is 31.9 Å². The number of morpholine rings is 1. The van der Waals surface area contributed by atoms with Crippen molar-refractivity contribution in [2.24, 2.45) is 0 Å². The average Bonchev–Trinajstić information content (AvgIpc) is 3.31. The highest BCUT2D eigenvalue weighted by Gasteiger charge is 2.32. The molecule has 1 aliphatic carbocycles. The quantitative estimate of drug-likeness (QED) is 0.893. The first-order valence-corrected chi connectivity index (χ1v) is 7.58. The summed E-state index contributed by atoms with van der Waals surface area (Å²) in [6.45, 7) is 5.61. The van der Waals surface area contributed by atoms with Crippen molar-refractivity contribution in [1.82, 2.24) is 24.7 Å². The van der Waals surface area contributed by atoms with Gasteiger partial charge in [-0.3, -0.25) is 4.90 Å². The third kappa shape index (κ3) is 2.71. The molecule has 1 N–H and O–H groups in total. The van der Waals surface area contributed by atoms with E-state index in [2.05, 4.69) is 25.5 Å². The number of hydrogen-bond acceptors (Lipinski definition) is 6. The molecule has 112 valence electrons. The Hall–Kier alpha value is -1.73.